The van der Waals surface area contributed by atoms with Gasteiger partial charge in [-0.3, -0.25) is 5.92 Å². The largest absolute Gasteiger partial charge is 0.497 e. The number of ether oxygens (including phenoxy) is 1. The van der Waals surface area contributed by atoms with Crippen molar-refractivity contribution in [1.29, 1.82) is 0 Å². The SMILES string of the molecule is CC[PH+](CC)CC.CC[PH+](CC)CC.[Br][Pd+].[C-]#Cc1ccc(OC)cc1. The Morgan fingerprint density at radius 1 is 0.808 bits per heavy atom. The van der Waals surface area contributed by atoms with E-state index in [0.29, 0.717) is 0 Å². The molecular formula is C21H39BrOP2Pd+2. The molecule has 154 valence electrons. The second kappa shape index (κ2) is 25.6. The molecule has 1 aromatic carbocycles. The Labute approximate surface area is 184 Å². The van der Waals surface area contributed by atoms with Crippen LogP contribution in [0.25, 0.3) is 0 Å². The van der Waals surface area contributed by atoms with Gasteiger partial charge in [0, 0.05) is 0 Å². The minimum absolute atomic E-state index is 0.137. The van der Waals surface area contributed by atoms with Crippen LogP contribution >= 0.6 is 29.3 Å². The summed E-state index contributed by atoms with van der Waals surface area (Å²) in [7, 11) is 1.89. The fourth-order valence-corrected chi connectivity index (χ4v) is 5.17. The zero-order valence-electron chi connectivity index (χ0n) is 17.7. The summed E-state index contributed by atoms with van der Waals surface area (Å²) in [5.74, 6) is 3.08. The van der Waals surface area contributed by atoms with Crippen molar-refractivity contribution in [2.45, 2.75) is 41.5 Å². The van der Waals surface area contributed by atoms with Crippen molar-refractivity contribution in [1.82, 2.24) is 0 Å². The molecule has 26 heavy (non-hydrogen) atoms. The van der Waals surface area contributed by atoms with Gasteiger partial charge in [0.25, 0.3) is 0 Å². The van der Waals surface area contributed by atoms with Crippen molar-refractivity contribution in [3.63, 3.8) is 0 Å². The van der Waals surface area contributed by atoms with Gasteiger partial charge in [0.15, 0.2) is 0 Å². The number of halogens is 1. The summed E-state index contributed by atoms with van der Waals surface area (Å²) in [5.41, 5.74) is 0.765. The monoisotopic (exact) mass is 554 g/mol. The van der Waals surface area contributed by atoms with Crippen LogP contribution in [0.4, 0.5) is 0 Å². The van der Waals surface area contributed by atoms with Crippen LogP contribution < -0.4 is 4.74 Å². The summed E-state index contributed by atoms with van der Waals surface area (Å²) >= 11 is 5.35. The molecule has 0 N–H and O–H groups in total. The molecule has 0 saturated heterocycles. The van der Waals surface area contributed by atoms with E-state index in [0.717, 1.165) is 11.3 Å². The second-order valence-corrected chi connectivity index (χ2v) is 12.7. The number of hydrogen-bond donors (Lipinski definition) is 0. The van der Waals surface area contributed by atoms with E-state index in [1.165, 1.54) is 37.0 Å². The molecule has 0 aliphatic heterocycles. The van der Waals surface area contributed by atoms with Gasteiger partial charge in [0.2, 0.25) is 0 Å². The summed E-state index contributed by atoms with van der Waals surface area (Å²) in [6, 6.07) is 7.17. The summed E-state index contributed by atoms with van der Waals surface area (Å²) in [6.07, 6.45) is 15.5. The van der Waals surface area contributed by atoms with Crippen molar-refractivity contribution in [3.8, 4) is 11.7 Å². The molecular weight excluding hydrogens is 517 g/mol. The van der Waals surface area contributed by atoms with E-state index >= 15 is 0 Å². The van der Waals surface area contributed by atoms with Crippen molar-refractivity contribution in [2.24, 2.45) is 0 Å². The zero-order valence-corrected chi connectivity index (χ0v) is 22.8. The summed E-state index contributed by atoms with van der Waals surface area (Å²) in [6.45, 7) is 13.8. The van der Waals surface area contributed by atoms with Gasteiger partial charge in [0.1, 0.15) is 5.75 Å². The molecule has 5 heteroatoms. The van der Waals surface area contributed by atoms with Crippen LogP contribution in [0.3, 0.4) is 0 Å². The molecule has 0 heterocycles. The van der Waals surface area contributed by atoms with E-state index in [9.17, 15) is 0 Å². The predicted octanol–water partition coefficient (Wildman–Crippen LogP) is 7.00. The van der Waals surface area contributed by atoms with Crippen LogP contribution in [0.1, 0.15) is 47.1 Å². The van der Waals surface area contributed by atoms with Gasteiger partial charge in [0.05, 0.1) is 44.1 Å². The number of methoxy groups -OCH3 is 1. The Kier molecular flexibility index (Phi) is 30.8. The van der Waals surface area contributed by atoms with Crippen molar-refractivity contribution in [3.05, 3.63) is 36.3 Å². The standard InChI is InChI=1S/C9H7O.2C6H15P.BrH.Pd/c1-3-8-4-6-9(10-2)7-5-8;2*1-4-7(5-2)6-3;;/h4-7H,2H3;2*4-6H2,1-3H3;1H;/q-1;;;;+2/p+1. The van der Waals surface area contributed by atoms with E-state index in [1.807, 2.05) is 0 Å². The maximum Gasteiger partial charge on any atom is 0.115 e. The zero-order chi connectivity index (χ0) is 20.8. The fourth-order valence-electron chi connectivity index (χ4n) is 2.17. The van der Waals surface area contributed by atoms with Crippen molar-refractivity contribution < 1.29 is 21.9 Å². The number of hydrogen-bond acceptors (Lipinski definition) is 1. The van der Waals surface area contributed by atoms with E-state index in [-0.39, 0.29) is 15.8 Å². The molecule has 0 radical (unpaired) electrons. The normalized spacial score (nSPS) is 9.04. The van der Waals surface area contributed by atoms with Crippen LogP contribution in [-0.2, 0) is 17.2 Å². The first-order valence-corrected chi connectivity index (χ1v) is 17.2. The molecule has 0 spiro atoms. The molecule has 0 atom stereocenters. The molecule has 0 aliphatic rings. The minimum atomic E-state index is 0.137. The quantitative estimate of drug-likeness (QED) is 0.152. The molecule has 1 rings (SSSR count). The molecule has 0 amide bonds. The molecule has 1 aromatic rings. The second-order valence-electron chi connectivity index (χ2n) is 5.47. The Balaban J connectivity index is -0.000000299. The summed E-state index contributed by atoms with van der Waals surface area (Å²) < 4.78 is 4.92. The van der Waals surface area contributed by atoms with Crippen LogP contribution in [-0.4, -0.2) is 44.1 Å². The fraction of sp³-hybridized carbons (Fsp3) is 0.619. The predicted molar refractivity (Wildman–Crippen MR) is 128 cm³/mol. The molecule has 0 fully saturated rings. The third-order valence-electron chi connectivity index (χ3n) is 4.23. The van der Waals surface area contributed by atoms with E-state index in [4.69, 9.17) is 11.2 Å². The topological polar surface area (TPSA) is 9.23 Å². The van der Waals surface area contributed by atoms with Gasteiger partial charge in [-0.25, -0.2) is 0 Å². The first-order valence-electron chi connectivity index (χ1n) is 9.42. The van der Waals surface area contributed by atoms with Crippen LogP contribution in [0, 0.1) is 12.3 Å². The third kappa shape index (κ3) is 19.3. The molecule has 0 aliphatic carbocycles. The van der Waals surface area contributed by atoms with E-state index in [2.05, 4.69) is 78.1 Å². The molecule has 0 unspecified atom stereocenters. The van der Waals surface area contributed by atoms with E-state index < -0.39 is 0 Å². The Bertz CT molecular complexity index is 390. The van der Waals surface area contributed by atoms with Gasteiger partial charge in [-0.15, -0.1) is 17.7 Å². The first-order chi connectivity index (χ1) is 12.6. The van der Waals surface area contributed by atoms with Gasteiger partial charge < -0.3 is 11.2 Å². The third-order valence-corrected chi connectivity index (χ3v) is 10.2. The summed E-state index contributed by atoms with van der Waals surface area (Å²) in [5, 5.41) is 0. The summed E-state index contributed by atoms with van der Waals surface area (Å²) in [4.78, 5) is 0. The molecule has 0 bridgehead atoms. The van der Waals surface area contributed by atoms with E-state index in [1.54, 1.807) is 31.4 Å². The van der Waals surface area contributed by atoms with Gasteiger partial charge in [-0.2, -0.15) is 0 Å². The van der Waals surface area contributed by atoms with Gasteiger partial charge in [-0.1, -0.05) is 0 Å². The maximum atomic E-state index is 6.78. The maximum absolute atomic E-state index is 6.78. The minimum Gasteiger partial charge on any atom is -0.497 e. The smallest absolute Gasteiger partial charge is 0.115 e. The average molecular weight is 556 g/mol. The Morgan fingerprint density at radius 2 is 1.12 bits per heavy atom. The molecule has 0 aromatic heterocycles. The number of rotatable bonds is 7. The van der Waals surface area contributed by atoms with Crippen LogP contribution in [0.15, 0.2) is 24.3 Å². The van der Waals surface area contributed by atoms with Crippen LogP contribution in [0.2, 0.25) is 0 Å². The first kappa shape index (κ1) is 31.3. The molecule has 0 saturated carbocycles. The number of benzene rings is 1. The Morgan fingerprint density at radius 3 is 1.27 bits per heavy atom. The van der Waals surface area contributed by atoms with Crippen LogP contribution in [0.5, 0.6) is 5.75 Å². The van der Waals surface area contributed by atoms with Crippen molar-refractivity contribution in [2.75, 3.05) is 44.1 Å². The molecule has 1 nitrogen and oxygen atoms in total. The van der Waals surface area contributed by atoms with Crippen molar-refractivity contribution >= 4 is 29.3 Å². The van der Waals surface area contributed by atoms with Gasteiger partial charge in [-0.05, 0) is 69.5 Å². The Hall–Kier alpha value is 0.582. The van der Waals surface area contributed by atoms with Gasteiger partial charge >= 0.3 is 30.6 Å². The average Bonchev–Trinajstić information content (AvgIpc) is 2.73.